The van der Waals surface area contributed by atoms with Crippen molar-refractivity contribution in [2.24, 2.45) is 0 Å². The van der Waals surface area contributed by atoms with Gasteiger partial charge in [-0.1, -0.05) is 0 Å². The number of hydrogen-bond acceptors (Lipinski definition) is 3. The van der Waals surface area contributed by atoms with E-state index < -0.39 is 5.97 Å². The Kier molecular flexibility index (Phi) is 1.57. The van der Waals surface area contributed by atoms with Crippen molar-refractivity contribution < 1.29 is 9.90 Å². The van der Waals surface area contributed by atoms with E-state index in [4.69, 9.17) is 5.11 Å². The van der Waals surface area contributed by atoms with Gasteiger partial charge in [-0.25, -0.2) is 4.79 Å². The minimum absolute atomic E-state index is 0.163. The number of nitrogens with one attached hydrogen (secondary N) is 1. The van der Waals surface area contributed by atoms with Crippen LogP contribution in [0.2, 0.25) is 0 Å². The second kappa shape index (κ2) is 2.82. The van der Waals surface area contributed by atoms with Gasteiger partial charge in [0.15, 0.2) is 5.65 Å². The Morgan fingerprint density at radius 3 is 3.00 bits per heavy atom. The van der Waals surface area contributed by atoms with Crippen LogP contribution in [0, 0.1) is 6.92 Å². The van der Waals surface area contributed by atoms with E-state index in [-0.39, 0.29) is 5.69 Å². The van der Waals surface area contributed by atoms with Crippen molar-refractivity contribution in [3.05, 3.63) is 29.7 Å². The number of carboxylic acid groups (broad SMARTS) is 1. The van der Waals surface area contributed by atoms with Gasteiger partial charge >= 0.3 is 5.97 Å². The third-order valence-electron chi connectivity index (χ3n) is 2.55. The number of carboxylic acids is 1. The number of aromatic carboxylic acids is 1. The fraction of sp³-hybridized carbons (Fsp3) is 0.100. The molecule has 0 unspecified atom stereocenters. The maximum atomic E-state index is 10.9. The number of carbonyl (C=O) groups is 1. The molecule has 3 aromatic rings. The van der Waals surface area contributed by atoms with Crippen LogP contribution in [-0.4, -0.2) is 30.7 Å². The molecule has 0 aliphatic carbocycles. The first-order valence-corrected chi connectivity index (χ1v) is 4.73. The topological polar surface area (TPSA) is 83.3 Å². The number of pyridine rings is 1. The van der Waals surface area contributed by atoms with Crippen molar-refractivity contribution in [2.75, 3.05) is 0 Å². The molecule has 3 heterocycles. The molecule has 0 aromatic carbocycles. The number of hydrogen-bond donors (Lipinski definition) is 2. The number of aromatic nitrogens is 4. The lowest BCUT2D eigenvalue weighted by molar-refractivity contribution is 0.0691. The maximum Gasteiger partial charge on any atom is 0.352 e. The molecule has 0 aliphatic rings. The van der Waals surface area contributed by atoms with Crippen molar-refractivity contribution in [1.82, 2.24) is 19.6 Å². The molecule has 0 fully saturated rings. The number of fused-ring (bicyclic) bond motifs is 3. The predicted molar refractivity (Wildman–Crippen MR) is 56.5 cm³/mol. The largest absolute Gasteiger partial charge is 0.477 e. The van der Waals surface area contributed by atoms with Gasteiger partial charge in [-0.05, 0) is 25.1 Å². The highest BCUT2D eigenvalue weighted by atomic mass is 16.4. The molecule has 0 aliphatic heterocycles. The minimum Gasteiger partial charge on any atom is -0.477 e. The summed E-state index contributed by atoms with van der Waals surface area (Å²) in [5.41, 5.74) is 2.40. The van der Waals surface area contributed by atoms with E-state index in [1.54, 1.807) is 18.2 Å². The van der Waals surface area contributed by atoms with Gasteiger partial charge in [-0.2, -0.15) is 0 Å². The Morgan fingerprint density at radius 1 is 1.44 bits per heavy atom. The summed E-state index contributed by atoms with van der Waals surface area (Å²) >= 11 is 0. The summed E-state index contributed by atoms with van der Waals surface area (Å²) in [4.78, 5) is 13.7. The fourth-order valence-corrected chi connectivity index (χ4v) is 1.83. The number of rotatable bonds is 1. The van der Waals surface area contributed by atoms with Gasteiger partial charge in [0.05, 0.1) is 11.0 Å². The third-order valence-corrected chi connectivity index (χ3v) is 2.55. The normalized spacial score (nSPS) is 11.3. The number of aryl methyl sites for hydroxylation is 1. The number of H-pyrrole nitrogens is 1. The smallest absolute Gasteiger partial charge is 0.352 e. The van der Waals surface area contributed by atoms with Gasteiger partial charge in [0.1, 0.15) is 11.5 Å². The van der Waals surface area contributed by atoms with Crippen LogP contribution in [0.5, 0.6) is 0 Å². The highest BCUT2D eigenvalue weighted by Gasteiger charge is 2.11. The van der Waals surface area contributed by atoms with E-state index in [9.17, 15) is 4.79 Å². The van der Waals surface area contributed by atoms with Crippen LogP contribution in [0.15, 0.2) is 18.2 Å². The average molecular weight is 216 g/mol. The summed E-state index contributed by atoms with van der Waals surface area (Å²) in [5.74, 6) is -0.244. The first-order valence-electron chi connectivity index (χ1n) is 4.73. The summed E-state index contributed by atoms with van der Waals surface area (Å²) in [6.07, 6.45) is 0. The van der Waals surface area contributed by atoms with E-state index in [0.717, 1.165) is 16.9 Å². The molecule has 0 saturated heterocycles. The van der Waals surface area contributed by atoms with Crippen molar-refractivity contribution in [1.29, 1.82) is 0 Å². The lowest BCUT2D eigenvalue weighted by atomic mass is 10.3. The van der Waals surface area contributed by atoms with Crippen LogP contribution in [0.4, 0.5) is 0 Å². The molecule has 0 saturated carbocycles. The van der Waals surface area contributed by atoms with E-state index in [1.165, 1.54) is 0 Å². The van der Waals surface area contributed by atoms with E-state index in [1.807, 2.05) is 11.3 Å². The number of nitrogens with zero attached hydrogens (tertiary/aromatic N) is 3. The molecule has 0 radical (unpaired) electrons. The first-order chi connectivity index (χ1) is 7.66. The van der Waals surface area contributed by atoms with Gasteiger partial charge < -0.3 is 10.1 Å². The highest BCUT2D eigenvalue weighted by molar-refractivity contribution is 5.93. The fourth-order valence-electron chi connectivity index (χ4n) is 1.83. The van der Waals surface area contributed by atoms with Crippen LogP contribution < -0.4 is 0 Å². The molecule has 3 rings (SSSR count). The Morgan fingerprint density at radius 2 is 2.25 bits per heavy atom. The monoisotopic (exact) mass is 216 g/mol. The van der Waals surface area contributed by atoms with Crippen LogP contribution >= 0.6 is 0 Å². The second-order valence-electron chi connectivity index (χ2n) is 3.56. The summed E-state index contributed by atoms with van der Waals surface area (Å²) < 4.78 is 1.82. The Bertz CT molecular complexity index is 710. The molecular formula is C10H8N4O2. The summed E-state index contributed by atoms with van der Waals surface area (Å²) in [7, 11) is 0. The third kappa shape index (κ3) is 1.04. The van der Waals surface area contributed by atoms with Crippen molar-refractivity contribution in [3.63, 3.8) is 0 Å². The lowest BCUT2D eigenvalue weighted by Gasteiger charge is -1.95. The molecule has 80 valence electrons. The zero-order valence-corrected chi connectivity index (χ0v) is 8.43. The van der Waals surface area contributed by atoms with Gasteiger partial charge in [-0.15, -0.1) is 10.2 Å². The predicted octanol–water partition coefficient (Wildman–Crippen LogP) is 1.22. The molecule has 6 heteroatoms. The van der Waals surface area contributed by atoms with Gasteiger partial charge in [0.2, 0.25) is 0 Å². The van der Waals surface area contributed by atoms with Gasteiger partial charge in [0, 0.05) is 0 Å². The SMILES string of the molecule is Cc1nnc2ccc3[nH]c(C(=O)O)cc3n12. The maximum absolute atomic E-state index is 10.9. The Labute approximate surface area is 89.5 Å². The standard InChI is InChI=1S/C10H8N4O2/c1-5-12-13-9-3-2-6-8(14(5)9)4-7(11-6)10(15)16/h2-4,11H,1H3,(H,15,16). The molecule has 6 nitrogen and oxygen atoms in total. The minimum atomic E-state index is -0.977. The highest BCUT2D eigenvalue weighted by Crippen LogP contribution is 2.18. The molecule has 0 bridgehead atoms. The van der Waals surface area contributed by atoms with Crippen LogP contribution in [0.25, 0.3) is 16.7 Å². The van der Waals surface area contributed by atoms with Gasteiger partial charge in [-0.3, -0.25) is 4.40 Å². The molecule has 16 heavy (non-hydrogen) atoms. The summed E-state index contributed by atoms with van der Waals surface area (Å²) in [5, 5.41) is 16.8. The zero-order chi connectivity index (χ0) is 11.3. The van der Waals surface area contributed by atoms with Crippen molar-refractivity contribution in [2.45, 2.75) is 6.92 Å². The second-order valence-corrected chi connectivity index (χ2v) is 3.56. The van der Waals surface area contributed by atoms with Crippen molar-refractivity contribution >= 4 is 22.6 Å². The quantitative estimate of drug-likeness (QED) is 0.640. The van der Waals surface area contributed by atoms with Crippen LogP contribution in [0.1, 0.15) is 16.3 Å². The Hall–Kier alpha value is -2.37. The molecule has 0 atom stereocenters. The van der Waals surface area contributed by atoms with Crippen molar-refractivity contribution in [3.8, 4) is 0 Å². The van der Waals surface area contributed by atoms with E-state index in [0.29, 0.717) is 5.65 Å². The van der Waals surface area contributed by atoms with Crippen LogP contribution in [-0.2, 0) is 0 Å². The van der Waals surface area contributed by atoms with E-state index >= 15 is 0 Å². The van der Waals surface area contributed by atoms with Crippen LogP contribution in [0.3, 0.4) is 0 Å². The molecule has 0 amide bonds. The first kappa shape index (κ1) is 8.90. The summed E-state index contributed by atoms with van der Waals surface area (Å²) in [6.45, 7) is 1.83. The average Bonchev–Trinajstić information content (AvgIpc) is 2.81. The molecular weight excluding hydrogens is 208 g/mol. The zero-order valence-electron chi connectivity index (χ0n) is 8.43. The van der Waals surface area contributed by atoms with Gasteiger partial charge in [0.25, 0.3) is 0 Å². The summed E-state index contributed by atoms with van der Waals surface area (Å²) in [6, 6.07) is 5.18. The lowest BCUT2D eigenvalue weighted by Crippen LogP contribution is -1.94. The molecule has 2 N–H and O–H groups in total. The Balaban J connectivity index is 2.49. The molecule has 3 aromatic heterocycles. The number of aromatic amines is 1. The van der Waals surface area contributed by atoms with E-state index in [2.05, 4.69) is 15.2 Å². The molecule has 0 spiro atoms.